The smallest absolute Gasteiger partial charge is 0.314 e. The Morgan fingerprint density at radius 3 is 2.24 bits per heavy atom. The summed E-state index contributed by atoms with van der Waals surface area (Å²) >= 11 is 11.8. The van der Waals surface area contributed by atoms with Gasteiger partial charge in [0.15, 0.2) is 6.10 Å². The molecular weight excluding hydrogens is 361 g/mol. The zero-order valence-corrected chi connectivity index (χ0v) is 15.5. The third-order valence-electron chi connectivity index (χ3n) is 3.69. The van der Waals surface area contributed by atoms with E-state index < -0.39 is 23.9 Å². The van der Waals surface area contributed by atoms with Crippen LogP contribution in [0.4, 0.5) is 5.69 Å². The van der Waals surface area contributed by atoms with Crippen molar-refractivity contribution in [3.8, 4) is 0 Å². The van der Waals surface area contributed by atoms with E-state index in [1.165, 1.54) is 6.92 Å². The molecule has 4 nitrogen and oxygen atoms in total. The molecule has 0 fully saturated rings. The third kappa shape index (κ3) is 5.48. The van der Waals surface area contributed by atoms with Gasteiger partial charge < -0.3 is 10.1 Å². The molecule has 1 N–H and O–H groups in total. The highest BCUT2D eigenvalue weighted by atomic mass is 35.5. The van der Waals surface area contributed by atoms with Crippen LogP contribution in [0.5, 0.6) is 0 Å². The molecule has 2 aromatic rings. The minimum atomic E-state index is -0.942. The van der Waals surface area contributed by atoms with Crippen molar-refractivity contribution >= 4 is 40.8 Å². The van der Waals surface area contributed by atoms with Crippen molar-refractivity contribution in [1.82, 2.24) is 0 Å². The summed E-state index contributed by atoms with van der Waals surface area (Å²) in [6.45, 7) is 3.43. The van der Waals surface area contributed by atoms with Crippen LogP contribution in [0, 0.1) is 0 Å². The summed E-state index contributed by atoms with van der Waals surface area (Å²) in [5.74, 6) is -1.29. The molecule has 0 heterocycles. The van der Waals surface area contributed by atoms with Gasteiger partial charge in [0.1, 0.15) is 0 Å². The minimum Gasteiger partial charge on any atom is -0.452 e. The average Bonchev–Trinajstić information content (AvgIpc) is 2.55. The number of benzene rings is 2. The molecule has 0 aliphatic rings. The summed E-state index contributed by atoms with van der Waals surface area (Å²) in [6.07, 6.45) is -0.357. The van der Waals surface area contributed by atoms with Gasteiger partial charge in [-0.2, -0.15) is 0 Å². The molecule has 0 saturated heterocycles. The molecule has 0 saturated carbocycles. The van der Waals surface area contributed by atoms with E-state index in [4.69, 9.17) is 27.9 Å². The molecule has 132 valence electrons. The van der Waals surface area contributed by atoms with Crippen LogP contribution in [0.25, 0.3) is 0 Å². The van der Waals surface area contributed by atoms with E-state index in [1.54, 1.807) is 18.2 Å². The maximum absolute atomic E-state index is 12.4. The Hall–Kier alpha value is -2.04. The molecule has 2 aromatic carbocycles. The van der Waals surface area contributed by atoms with Crippen LogP contribution in [0.3, 0.4) is 0 Å². The molecule has 6 heteroatoms. The van der Waals surface area contributed by atoms with Crippen LogP contribution in [0.15, 0.2) is 48.5 Å². The van der Waals surface area contributed by atoms with E-state index in [0.717, 1.165) is 5.56 Å². The van der Waals surface area contributed by atoms with Crippen molar-refractivity contribution in [2.75, 3.05) is 5.32 Å². The largest absolute Gasteiger partial charge is 0.452 e. The number of anilines is 1. The Bertz CT molecular complexity index is 729. The first-order valence-corrected chi connectivity index (χ1v) is 8.68. The van der Waals surface area contributed by atoms with Crippen LogP contribution in [0.1, 0.15) is 31.7 Å². The summed E-state index contributed by atoms with van der Waals surface area (Å²) in [7, 11) is 0. The lowest BCUT2D eigenvalue weighted by Gasteiger charge is -2.18. The number of hydrogen-bond acceptors (Lipinski definition) is 3. The van der Waals surface area contributed by atoms with Gasteiger partial charge in [-0.05, 0) is 37.1 Å². The second kappa shape index (κ2) is 8.88. The molecule has 0 bridgehead atoms. The first-order valence-electron chi connectivity index (χ1n) is 7.93. The summed E-state index contributed by atoms with van der Waals surface area (Å²) in [5, 5.41) is 3.45. The van der Waals surface area contributed by atoms with Gasteiger partial charge in [0, 0.05) is 15.7 Å². The Balaban J connectivity index is 2.01. The molecular formula is C19H19Cl2NO3. The summed E-state index contributed by atoms with van der Waals surface area (Å²) in [5.41, 5.74) is 1.31. The fraction of sp³-hybridized carbons (Fsp3) is 0.263. The maximum Gasteiger partial charge on any atom is 0.314 e. The van der Waals surface area contributed by atoms with E-state index in [9.17, 15) is 9.59 Å². The van der Waals surface area contributed by atoms with Crippen LogP contribution < -0.4 is 5.32 Å². The van der Waals surface area contributed by atoms with Gasteiger partial charge in [-0.1, -0.05) is 60.5 Å². The molecule has 0 spiro atoms. The molecule has 1 amide bonds. The zero-order chi connectivity index (χ0) is 18.4. The molecule has 2 rings (SSSR count). The maximum atomic E-state index is 12.4. The first-order chi connectivity index (χ1) is 11.9. The Labute approximate surface area is 157 Å². The van der Waals surface area contributed by atoms with Gasteiger partial charge in [0.2, 0.25) is 0 Å². The zero-order valence-electron chi connectivity index (χ0n) is 14.0. The van der Waals surface area contributed by atoms with Crippen molar-refractivity contribution in [1.29, 1.82) is 0 Å². The average molecular weight is 380 g/mol. The highest BCUT2D eigenvalue weighted by molar-refractivity contribution is 6.35. The van der Waals surface area contributed by atoms with Crippen molar-refractivity contribution in [3.63, 3.8) is 0 Å². The number of nitrogens with one attached hydrogen (secondary N) is 1. The predicted octanol–water partition coefficient (Wildman–Crippen LogP) is 5.06. The third-order valence-corrected chi connectivity index (χ3v) is 4.12. The number of halogens is 2. The second-order valence-corrected chi connectivity index (χ2v) is 6.47. The molecule has 0 aromatic heterocycles. The lowest BCUT2D eigenvalue weighted by Crippen LogP contribution is -2.31. The second-order valence-electron chi connectivity index (χ2n) is 5.60. The molecule has 0 unspecified atom stereocenters. The summed E-state index contributed by atoms with van der Waals surface area (Å²) in [4.78, 5) is 24.6. The van der Waals surface area contributed by atoms with Crippen LogP contribution >= 0.6 is 23.2 Å². The van der Waals surface area contributed by atoms with Crippen molar-refractivity contribution in [3.05, 3.63) is 64.1 Å². The van der Waals surface area contributed by atoms with Gasteiger partial charge in [-0.25, -0.2) is 0 Å². The fourth-order valence-corrected chi connectivity index (χ4v) is 2.93. The van der Waals surface area contributed by atoms with E-state index in [1.807, 2.05) is 37.3 Å². The lowest BCUT2D eigenvalue weighted by atomic mass is 9.97. The van der Waals surface area contributed by atoms with Crippen LogP contribution in [-0.4, -0.2) is 18.0 Å². The molecule has 0 aliphatic heterocycles. The number of rotatable bonds is 6. The van der Waals surface area contributed by atoms with Gasteiger partial charge >= 0.3 is 5.97 Å². The number of hydrogen-bond donors (Lipinski definition) is 1. The van der Waals surface area contributed by atoms with Crippen molar-refractivity contribution in [2.45, 2.75) is 32.3 Å². The predicted molar refractivity (Wildman–Crippen MR) is 100 cm³/mol. The van der Waals surface area contributed by atoms with E-state index in [0.29, 0.717) is 22.2 Å². The number of carbonyl (C=O) groups is 2. The normalized spacial score (nSPS) is 13.0. The lowest BCUT2D eigenvalue weighted by molar-refractivity contribution is -0.154. The number of carbonyl (C=O) groups excluding carboxylic acids is 2. The standard InChI is InChI=1S/C19H19Cl2NO3/c1-3-17(13-7-5-4-6-8-13)19(24)25-12(2)18(23)22-16-10-14(20)9-15(21)11-16/h4-12,17H,3H2,1-2H3,(H,22,23)/t12-,17+/m1/s1. The topological polar surface area (TPSA) is 55.4 Å². The summed E-state index contributed by atoms with van der Waals surface area (Å²) in [6, 6.07) is 14.1. The Morgan fingerprint density at radius 1 is 1.08 bits per heavy atom. The van der Waals surface area contributed by atoms with Crippen LogP contribution in [0.2, 0.25) is 10.0 Å². The summed E-state index contributed by atoms with van der Waals surface area (Å²) < 4.78 is 5.34. The number of esters is 1. The Kier molecular flexibility index (Phi) is 6.85. The van der Waals surface area contributed by atoms with Gasteiger partial charge in [0.05, 0.1) is 5.92 Å². The van der Waals surface area contributed by atoms with Crippen molar-refractivity contribution < 1.29 is 14.3 Å². The van der Waals surface area contributed by atoms with Crippen LogP contribution in [-0.2, 0) is 14.3 Å². The molecule has 25 heavy (non-hydrogen) atoms. The first kappa shape index (κ1) is 19.3. The monoisotopic (exact) mass is 379 g/mol. The molecule has 0 radical (unpaired) electrons. The number of amides is 1. The highest BCUT2D eigenvalue weighted by Gasteiger charge is 2.25. The van der Waals surface area contributed by atoms with Gasteiger partial charge in [0.25, 0.3) is 5.91 Å². The number of ether oxygens (including phenoxy) is 1. The van der Waals surface area contributed by atoms with E-state index in [2.05, 4.69) is 5.32 Å². The van der Waals surface area contributed by atoms with E-state index >= 15 is 0 Å². The van der Waals surface area contributed by atoms with E-state index in [-0.39, 0.29) is 0 Å². The fourth-order valence-electron chi connectivity index (χ4n) is 2.40. The molecule has 0 aliphatic carbocycles. The Morgan fingerprint density at radius 2 is 1.68 bits per heavy atom. The van der Waals surface area contributed by atoms with Crippen molar-refractivity contribution in [2.24, 2.45) is 0 Å². The highest BCUT2D eigenvalue weighted by Crippen LogP contribution is 2.24. The molecule has 2 atom stereocenters. The van der Waals surface area contributed by atoms with Gasteiger partial charge in [-0.15, -0.1) is 0 Å². The SMILES string of the molecule is CC[C@H](C(=O)O[C@H](C)C(=O)Nc1cc(Cl)cc(Cl)c1)c1ccccc1. The quantitative estimate of drug-likeness (QED) is 0.713. The van der Waals surface area contributed by atoms with Gasteiger partial charge in [-0.3, -0.25) is 9.59 Å². The minimum absolute atomic E-state index is 0.405.